The summed E-state index contributed by atoms with van der Waals surface area (Å²) in [5, 5.41) is 21.8. The summed E-state index contributed by atoms with van der Waals surface area (Å²) in [6.45, 7) is 3.84. The van der Waals surface area contributed by atoms with E-state index in [-0.39, 0.29) is 18.3 Å². The average Bonchev–Trinajstić information content (AvgIpc) is 3.33. The van der Waals surface area contributed by atoms with Crippen molar-refractivity contribution in [1.82, 2.24) is 24.5 Å². The number of nitrogens with one attached hydrogen (secondary N) is 1. The van der Waals surface area contributed by atoms with Gasteiger partial charge in [-0.05, 0) is 43.7 Å². The van der Waals surface area contributed by atoms with Crippen LogP contribution in [0.15, 0.2) is 36.7 Å². The predicted molar refractivity (Wildman–Crippen MR) is 132 cm³/mol. The SMILES string of the molecule is [B][C@]1(C)Oc2cc(cnc2NCO)-c2c(c(Cl)nn2CC)Cc2cn(C)nc2-c2ccc(F)cc21. The van der Waals surface area contributed by atoms with Crippen molar-refractivity contribution in [2.75, 3.05) is 12.0 Å². The van der Waals surface area contributed by atoms with Gasteiger partial charge in [-0.2, -0.15) is 10.2 Å². The van der Waals surface area contributed by atoms with Crippen LogP contribution in [-0.2, 0) is 25.5 Å². The van der Waals surface area contributed by atoms with Crippen LogP contribution in [0.2, 0.25) is 5.15 Å². The van der Waals surface area contributed by atoms with Crippen LogP contribution in [0.1, 0.15) is 30.5 Å². The molecule has 0 saturated carbocycles. The van der Waals surface area contributed by atoms with Crippen LogP contribution in [0, 0.1) is 5.82 Å². The molecular weight excluding hydrogens is 470 g/mol. The number of aliphatic hydroxyl groups excluding tert-OH is 1. The minimum atomic E-state index is -1.47. The van der Waals surface area contributed by atoms with Crippen molar-refractivity contribution < 1.29 is 14.2 Å². The van der Waals surface area contributed by atoms with E-state index in [1.54, 1.807) is 29.9 Å². The first-order chi connectivity index (χ1) is 16.7. The van der Waals surface area contributed by atoms with Crippen LogP contribution in [-0.4, -0.2) is 44.2 Å². The Kier molecular flexibility index (Phi) is 5.81. The van der Waals surface area contributed by atoms with Crippen molar-refractivity contribution >= 4 is 25.3 Å². The van der Waals surface area contributed by atoms with Crippen molar-refractivity contribution in [2.45, 2.75) is 32.3 Å². The number of hydrogen-bond acceptors (Lipinski definition) is 6. The average molecular weight is 493 g/mol. The summed E-state index contributed by atoms with van der Waals surface area (Å²) < 4.78 is 24.3. The minimum Gasteiger partial charge on any atom is -0.489 e. The molecule has 0 fully saturated rings. The molecule has 11 heteroatoms. The van der Waals surface area contributed by atoms with Crippen molar-refractivity contribution in [1.29, 1.82) is 0 Å². The first-order valence-electron chi connectivity index (χ1n) is 11.1. The molecule has 2 bridgehead atoms. The molecule has 4 heterocycles. The van der Waals surface area contributed by atoms with E-state index in [4.69, 9.17) is 24.2 Å². The number of nitrogens with zero attached hydrogens (tertiary/aromatic N) is 5. The Morgan fingerprint density at radius 1 is 1.31 bits per heavy atom. The maximum Gasteiger partial charge on any atom is 0.170 e. The van der Waals surface area contributed by atoms with Crippen LogP contribution >= 0.6 is 11.6 Å². The number of aromatic nitrogens is 5. The molecule has 0 amide bonds. The predicted octanol–water partition coefficient (Wildman–Crippen LogP) is 3.84. The summed E-state index contributed by atoms with van der Waals surface area (Å²) in [6.07, 6.45) is 4.00. The molecule has 35 heavy (non-hydrogen) atoms. The molecule has 1 aromatic carbocycles. The standard InChI is InChI=1S/C24H23BClFN6O2/c1-4-33-21-13-8-19(23(28-10-13)29-12-34)35-24(2,25)18-9-15(27)5-6-16(18)20-14(11-32(3)30-20)7-17(21)22(26)31-33/h5-6,8-11,34H,4,7,12H2,1-3H3,(H,28,29)/t24-/m1/s1. The molecule has 2 N–H and O–H groups in total. The van der Waals surface area contributed by atoms with Gasteiger partial charge in [0.2, 0.25) is 0 Å². The monoisotopic (exact) mass is 492 g/mol. The van der Waals surface area contributed by atoms with E-state index < -0.39 is 11.3 Å². The number of halogens is 2. The molecule has 3 aromatic heterocycles. The molecule has 5 rings (SSSR count). The number of ether oxygens (including phenoxy) is 1. The largest absolute Gasteiger partial charge is 0.489 e. The molecular formula is C24H23BClFN6O2. The highest BCUT2D eigenvalue weighted by atomic mass is 35.5. The maximum absolute atomic E-state index is 14.5. The Balaban J connectivity index is 1.86. The molecule has 0 saturated heterocycles. The quantitative estimate of drug-likeness (QED) is 0.334. The molecule has 178 valence electrons. The zero-order valence-electron chi connectivity index (χ0n) is 19.5. The van der Waals surface area contributed by atoms with Crippen molar-refractivity contribution in [3.63, 3.8) is 0 Å². The van der Waals surface area contributed by atoms with Crippen molar-refractivity contribution in [3.05, 3.63) is 64.3 Å². The van der Waals surface area contributed by atoms with E-state index in [0.29, 0.717) is 40.5 Å². The Morgan fingerprint density at radius 2 is 2.11 bits per heavy atom. The lowest BCUT2D eigenvalue weighted by molar-refractivity contribution is 0.179. The second-order valence-electron chi connectivity index (χ2n) is 8.59. The fourth-order valence-electron chi connectivity index (χ4n) is 4.54. The molecule has 1 aliphatic rings. The summed E-state index contributed by atoms with van der Waals surface area (Å²) >= 11 is 6.64. The number of fused-ring (bicyclic) bond motifs is 7. The van der Waals surface area contributed by atoms with Gasteiger partial charge in [0.25, 0.3) is 0 Å². The van der Waals surface area contributed by atoms with Crippen molar-refractivity contribution in [2.24, 2.45) is 7.05 Å². The highest BCUT2D eigenvalue weighted by Crippen LogP contribution is 2.41. The molecule has 0 aliphatic carbocycles. The number of rotatable bonds is 3. The van der Waals surface area contributed by atoms with Crippen LogP contribution < -0.4 is 10.1 Å². The van der Waals surface area contributed by atoms with E-state index in [0.717, 1.165) is 16.8 Å². The van der Waals surface area contributed by atoms with Gasteiger partial charge in [-0.3, -0.25) is 9.36 Å². The molecule has 8 nitrogen and oxygen atoms in total. The van der Waals surface area contributed by atoms with Gasteiger partial charge in [0.15, 0.2) is 16.7 Å². The lowest BCUT2D eigenvalue weighted by Gasteiger charge is -2.31. The fraction of sp³-hybridized carbons (Fsp3) is 0.292. The third-order valence-corrected chi connectivity index (χ3v) is 6.34. The second kappa shape index (κ2) is 8.69. The number of anilines is 1. The van der Waals surface area contributed by atoms with Gasteiger partial charge in [0.1, 0.15) is 20.4 Å². The molecule has 2 radical (unpaired) electrons. The van der Waals surface area contributed by atoms with E-state index >= 15 is 0 Å². The van der Waals surface area contributed by atoms with E-state index in [9.17, 15) is 9.50 Å². The zero-order valence-corrected chi connectivity index (χ0v) is 20.3. The van der Waals surface area contributed by atoms with Gasteiger partial charge < -0.3 is 15.2 Å². The zero-order chi connectivity index (χ0) is 24.9. The Hall–Kier alpha value is -3.37. The fourth-order valence-corrected chi connectivity index (χ4v) is 4.79. The number of aryl methyl sites for hydroxylation is 2. The smallest absolute Gasteiger partial charge is 0.170 e. The number of pyridine rings is 1. The lowest BCUT2D eigenvalue weighted by atomic mass is 9.74. The second-order valence-corrected chi connectivity index (χ2v) is 8.95. The first kappa shape index (κ1) is 23.4. The summed E-state index contributed by atoms with van der Waals surface area (Å²) in [5.74, 6) is 0.116. The molecule has 4 aromatic rings. The third kappa shape index (κ3) is 4.06. The van der Waals surface area contributed by atoms with Crippen molar-refractivity contribution in [3.8, 4) is 28.3 Å². The Labute approximate surface area is 208 Å². The van der Waals surface area contributed by atoms with Crippen LogP contribution in [0.25, 0.3) is 22.5 Å². The number of benzene rings is 1. The van der Waals surface area contributed by atoms with Gasteiger partial charge in [0.05, 0.1) is 16.9 Å². The topological polar surface area (TPSA) is 90.0 Å². The molecule has 0 unspecified atom stereocenters. The summed E-state index contributed by atoms with van der Waals surface area (Å²) in [5.41, 5.74) is 3.40. The lowest BCUT2D eigenvalue weighted by Crippen LogP contribution is -2.31. The first-order valence-corrected chi connectivity index (χ1v) is 11.5. The van der Waals surface area contributed by atoms with Gasteiger partial charge in [-0.1, -0.05) is 11.6 Å². The number of hydrogen-bond donors (Lipinski definition) is 2. The molecule has 1 aliphatic heterocycles. The van der Waals surface area contributed by atoms with Gasteiger partial charge in [0, 0.05) is 54.7 Å². The van der Waals surface area contributed by atoms with E-state index in [2.05, 4.69) is 20.5 Å². The van der Waals surface area contributed by atoms with E-state index in [1.165, 1.54) is 12.1 Å². The molecule has 1 atom stereocenters. The maximum atomic E-state index is 14.5. The van der Waals surface area contributed by atoms with Crippen LogP contribution in [0.4, 0.5) is 10.2 Å². The Morgan fingerprint density at radius 3 is 2.86 bits per heavy atom. The molecule has 0 spiro atoms. The van der Waals surface area contributed by atoms with E-state index in [1.807, 2.05) is 24.9 Å². The van der Waals surface area contributed by atoms with Crippen LogP contribution in [0.3, 0.4) is 0 Å². The third-order valence-electron chi connectivity index (χ3n) is 6.04. The minimum absolute atomic E-state index is 0.282. The summed E-state index contributed by atoms with van der Waals surface area (Å²) in [6, 6.07) is 6.14. The van der Waals surface area contributed by atoms with Gasteiger partial charge >= 0.3 is 0 Å². The summed E-state index contributed by atoms with van der Waals surface area (Å²) in [4.78, 5) is 4.46. The van der Waals surface area contributed by atoms with Gasteiger partial charge in [-0.25, -0.2) is 9.37 Å². The normalized spacial score (nSPS) is 16.9. The number of aliphatic hydroxyl groups is 1. The van der Waals surface area contributed by atoms with Crippen LogP contribution in [0.5, 0.6) is 5.75 Å². The summed E-state index contributed by atoms with van der Waals surface area (Å²) in [7, 11) is 8.51. The highest BCUT2D eigenvalue weighted by Gasteiger charge is 2.31. The van der Waals surface area contributed by atoms with Gasteiger partial charge in [-0.15, -0.1) is 0 Å². The Bertz CT molecular complexity index is 1430. The highest BCUT2D eigenvalue weighted by molar-refractivity contribution is 6.30.